The molecule has 1 unspecified atom stereocenters. The Bertz CT molecular complexity index is 102. The Hall–Kier alpha value is -0.480. The van der Waals surface area contributed by atoms with E-state index in [9.17, 15) is 0 Å². The second-order valence-corrected chi connectivity index (χ2v) is 2.31. The maximum Gasteiger partial charge on any atom is 0.0681 e. The van der Waals surface area contributed by atoms with Gasteiger partial charge < -0.3 is 4.74 Å². The second-order valence-electron chi connectivity index (χ2n) is 2.31. The van der Waals surface area contributed by atoms with Crippen molar-refractivity contribution in [3.8, 4) is 12.3 Å². The zero-order chi connectivity index (χ0) is 7.82. The molecule has 0 fully saturated rings. The van der Waals surface area contributed by atoms with E-state index in [1.165, 1.54) is 0 Å². The van der Waals surface area contributed by atoms with Crippen LogP contribution in [0.1, 0.15) is 33.1 Å². The van der Waals surface area contributed by atoms with Crippen LogP contribution in [0, 0.1) is 12.3 Å². The van der Waals surface area contributed by atoms with Crippen LogP contribution < -0.4 is 0 Å². The van der Waals surface area contributed by atoms with Crippen LogP contribution in [0.25, 0.3) is 0 Å². The predicted octanol–water partition coefficient (Wildman–Crippen LogP) is 2.21. The minimum Gasteiger partial charge on any atom is -0.377 e. The molecular weight excluding hydrogens is 124 g/mol. The minimum atomic E-state index is 0.282. The summed E-state index contributed by atoms with van der Waals surface area (Å²) in [5, 5.41) is 0. The Labute approximate surface area is 63.8 Å². The molecule has 0 bridgehead atoms. The summed E-state index contributed by atoms with van der Waals surface area (Å²) in [4.78, 5) is 0. The van der Waals surface area contributed by atoms with Gasteiger partial charge in [-0.2, -0.15) is 0 Å². The number of hydrogen-bond acceptors (Lipinski definition) is 1. The number of rotatable bonds is 5. The molecule has 0 aliphatic rings. The summed E-state index contributed by atoms with van der Waals surface area (Å²) < 4.78 is 5.44. The third kappa shape index (κ3) is 4.40. The average Bonchev–Trinajstić information content (AvgIpc) is 1.98. The molecule has 1 nitrogen and oxygen atoms in total. The highest BCUT2D eigenvalue weighted by Gasteiger charge is 2.01. The fraction of sp³-hybridized carbons (Fsp3) is 0.778. The summed E-state index contributed by atoms with van der Waals surface area (Å²) in [6, 6.07) is 0. The molecule has 1 atom stereocenters. The standard InChI is InChI=1S/C9H16O/c1-4-7-9(6-3)10-8-5-2/h1,9H,5-8H2,2-3H3. The van der Waals surface area contributed by atoms with Crippen LogP contribution in [0.3, 0.4) is 0 Å². The molecule has 0 heterocycles. The van der Waals surface area contributed by atoms with Gasteiger partial charge in [-0.3, -0.25) is 0 Å². The molecule has 0 rings (SSSR count). The first-order valence-corrected chi connectivity index (χ1v) is 3.90. The lowest BCUT2D eigenvalue weighted by molar-refractivity contribution is 0.0548. The maximum atomic E-state index is 5.44. The van der Waals surface area contributed by atoms with Crippen LogP contribution in [0.4, 0.5) is 0 Å². The molecule has 0 amide bonds. The van der Waals surface area contributed by atoms with E-state index in [1.54, 1.807) is 0 Å². The zero-order valence-corrected chi connectivity index (χ0v) is 6.89. The third-order valence-electron chi connectivity index (χ3n) is 1.36. The van der Waals surface area contributed by atoms with Crippen LogP contribution in [-0.2, 0) is 4.74 Å². The SMILES string of the molecule is C#CCC(CC)OCCC. The molecule has 58 valence electrons. The van der Waals surface area contributed by atoms with Crippen molar-refractivity contribution < 1.29 is 4.74 Å². The molecule has 0 aliphatic carbocycles. The summed E-state index contributed by atoms with van der Waals surface area (Å²) >= 11 is 0. The van der Waals surface area contributed by atoms with E-state index in [-0.39, 0.29) is 6.10 Å². The highest BCUT2D eigenvalue weighted by Crippen LogP contribution is 2.02. The first-order chi connectivity index (χ1) is 4.85. The molecule has 0 saturated heterocycles. The summed E-state index contributed by atoms with van der Waals surface area (Å²) in [7, 11) is 0. The van der Waals surface area contributed by atoms with Gasteiger partial charge in [0.15, 0.2) is 0 Å². The Morgan fingerprint density at radius 2 is 2.20 bits per heavy atom. The van der Waals surface area contributed by atoms with E-state index >= 15 is 0 Å². The highest BCUT2D eigenvalue weighted by molar-refractivity contribution is 4.86. The summed E-state index contributed by atoms with van der Waals surface area (Å²) in [5.74, 6) is 2.60. The molecule has 0 spiro atoms. The Kier molecular flexibility index (Phi) is 6.32. The fourth-order valence-electron chi connectivity index (χ4n) is 0.737. The van der Waals surface area contributed by atoms with Crippen molar-refractivity contribution in [3.63, 3.8) is 0 Å². The lowest BCUT2D eigenvalue weighted by Crippen LogP contribution is -2.10. The van der Waals surface area contributed by atoms with Crippen LogP contribution in [0.15, 0.2) is 0 Å². The van der Waals surface area contributed by atoms with Gasteiger partial charge in [0.2, 0.25) is 0 Å². The Balaban J connectivity index is 3.32. The number of hydrogen-bond donors (Lipinski definition) is 0. The van der Waals surface area contributed by atoms with E-state index in [0.29, 0.717) is 0 Å². The van der Waals surface area contributed by atoms with Gasteiger partial charge in [0.1, 0.15) is 0 Å². The van der Waals surface area contributed by atoms with Crippen LogP contribution >= 0.6 is 0 Å². The normalized spacial score (nSPS) is 12.5. The van der Waals surface area contributed by atoms with Gasteiger partial charge in [-0.1, -0.05) is 13.8 Å². The summed E-state index contributed by atoms with van der Waals surface area (Å²) in [6.07, 6.45) is 8.26. The van der Waals surface area contributed by atoms with Crippen molar-refractivity contribution in [1.29, 1.82) is 0 Å². The topological polar surface area (TPSA) is 9.23 Å². The van der Waals surface area contributed by atoms with Crippen molar-refractivity contribution in [2.24, 2.45) is 0 Å². The quantitative estimate of drug-likeness (QED) is 0.532. The van der Waals surface area contributed by atoms with E-state index in [4.69, 9.17) is 11.2 Å². The largest absolute Gasteiger partial charge is 0.377 e. The molecule has 0 aliphatic heterocycles. The molecule has 0 radical (unpaired) electrons. The Morgan fingerprint density at radius 3 is 2.60 bits per heavy atom. The number of terminal acetylenes is 1. The van der Waals surface area contributed by atoms with Crippen molar-refractivity contribution in [1.82, 2.24) is 0 Å². The van der Waals surface area contributed by atoms with Gasteiger partial charge in [-0.05, 0) is 12.8 Å². The van der Waals surface area contributed by atoms with E-state index in [0.717, 1.165) is 25.9 Å². The van der Waals surface area contributed by atoms with Crippen molar-refractivity contribution in [3.05, 3.63) is 0 Å². The van der Waals surface area contributed by atoms with Gasteiger partial charge in [0, 0.05) is 13.0 Å². The van der Waals surface area contributed by atoms with E-state index in [2.05, 4.69) is 19.8 Å². The summed E-state index contributed by atoms with van der Waals surface area (Å²) in [6.45, 7) is 5.03. The molecule has 0 aromatic heterocycles. The monoisotopic (exact) mass is 140 g/mol. The lowest BCUT2D eigenvalue weighted by Gasteiger charge is -2.11. The van der Waals surface area contributed by atoms with Crippen molar-refractivity contribution in [2.75, 3.05) is 6.61 Å². The maximum absolute atomic E-state index is 5.44. The molecule has 0 saturated carbocycles. The Morgan fingerprint density at radius 1 is 1.50 bits per heavy atom. The molecule has 10 heavy (non-hydrogen) atoms. The zero-order valence-electron chi connectivity index (χ0n) is 6.89. The van der Waals surface area contributed by atoms with Crippen LogP contribution in [0.5, 0.6) is 0 Å². The first kappa shape index (κ1) is 9.52. The second kappa shape index (κ2) is 6.64. The van der Waals surface area contributed by atoms with Gasteiger partial charge in [0.05, 0.1) is 6.10 Å². The van der Waals surface area contributed by atoms with Gasteiger partial charge in [-0.15, -0.1) is 12.3 Å². The molecule has 1 heteroatoms. The van der Waals surface area contributed by atoms with E-state index in [1.807, 2.05) is 0 Å². The third-order valence-corrected chi connectivity index (χ3v) is 1.36. The number of ether oxygens (including phenoxy) is 1. The van der Waals surface area contributed by atoms with Crippen LogP contribution in [0.2, 0.25) is 0 Å². The molecular formula is C9H16O. The first-order valence-electron chi connectivity index (χ1n) is 3.90. The summed E-state index contributed by atoms with van der Waals surface area (Å²) in [5.41, 5.74) is 0. The highest BCUT2D eigenvalue weighted by atomic mass is 16.5. The van der Waals surface area contributed by atoms with Crippen LogP contribution in [-0.4, -0.2) is 12.7 Å². The van der Waals surface area contributed by atoms with Crippen molar-refractivity contribution >= 4 is 0 Å². The van der Waals surface area contributed by atoms with Gasteiger partial charge in [-0.25, -0.2) is 0 Å². The van der Waals surface area contributed by atoms with E-state index < -0.39 is 0 Å². The average molecular weight is 140 g/mol. The predicted molar refractivity (Wildman–Crippen MR) is 43.8 cm³/mol. The fourth-order valence-corrected chi connectivity index (χ4v) is 0.737. The van der Waals surface area contributed by atoms with Gasteiger partial charge in [0.25, 0.3) is 0 Å². The van der Waals surface area contributed by atoms with Gasteiger partial charge >= 0.3 is 0 Å². The lowest BCUT2D eigenvalue weighted by atomic mass is 10.2. The molecule has 0 aromatic rings. The minimum absolute atomic E-state index is 0.282. The molecule has 0 N–H and O–H groups in total. The molecule has 0 aromatic carbocycles. The smallest absolute Gasteiger partial charge is 0.0681 e. The van der Waals surface area contributed by atoms with Crippen molar-refractivity contribution in [2.45, 2.75) is 39.2 Å².